The lowest BCUT2D eigenvalue weighted by Gasteiger charge is -2.08. The van der Waals surface area contributed by atoms with Gasteiger partial charge < -0.3 is 15.8 Å². The molecule has 4 nitrogen and oxygen atoms in total. The van der Waals surface area contributed by atoms with Crippen molar-refractivity contribution in [2.45, 2.75) is 0 Å². The number of nitrogens with one attached hydrogen (secondary N) is 1. The van der Waals surface area contributed by atoms with Crippen molar-refractivity contribution in [2.75, 3.05) is 11.9 Å². The summed E-state index contributed by atoms with van der Waals surface area (Å²) >= 11 is 4.72. The molecule has 21 heavy (non-hydrogen) atoms. The number of benzene rings is 2. The molecule has 0 fully saturated rings. The first-order valence-corrected chi connectivity index (χ1v) is 6.53. The monoisotopic (exact) mass is 304 g/mol. The number of carbonyl (C=O) groups excluding carboxylic acids is 1. The van der Waals surface area contributed by atoms with Gasteiger partial charge in [-0.15, -0.1) is 0 Å². The molecule has 0 bridgehead atoms. The standard InChI is InChI=1S/C15H13FN2O2S/c16-11-6-4-10(5-7-11)15(19)18-12-2-1-3-13(8-12)20-9-14(17)21/h1-8H,9H2,(H2,17,21)(H,18,19). The van der Waals surface area contributed by atoms with E-state index in [1.54, 1.807) is 24.3 Å². The summed E-state index contributed by atoms with van der Waals surface area (Å²) in [5.74, 6) is -0.180. The van der Waals surface area contributed by atoms with Crippen LogP contribution in [-0.2, 0) is 0 Å². The van der Waals surface area contributed by atoms with Crippen LogP contribution in [0, 0.1) is 5.82 Å². The molecule has 2 aromatic carbocycles. The second-order valence-corrected chi connectivity index (χ2v) is 4.77. The highest BCUT2D eigenvalue weighted by Gasteiger charge is 2.06. The lowest BCUT2D eigenvalue weighted by atomic mass is 10.2. The summed E-state index contributed by atoms with van der Waals surface area (Å²) in [5.41, 5.74) is 6.28. The van der Waals surface area contributed by atoms with Gasteiger partial charge in [0.1, 0.15) is 23.2 Å². The molecule has 0 heterocycles. The van der Waals surface area contributed by atoms with Crippen LogP contribution >= 0.6 is 12.2 Å². The molecule has 0 saturated heterocycles. The third-order valence-corrected chi connectivity index (χ3v) is 2.70. The number of hydrogen-bond donors (Lipinski definition) is 2. The Kier molecular flexibility index (Phi) is 4.84. The normalized spacial score (nSPS) is 9.95. The van der Waals surface area contributed by atoms with Gasteiger partial charge in [-0.25, -0.2) is 4.39 Å². The van der Waals surface area contributed by atoms with Crippen LogP contribution in [0.25, 0.3) is 0 Å². The van der Waals surface area contributed by atoms with Gasteiger partial charge in [0.2, 0.25) is 0 Å². The molecular formula is C15H13FN2O2S. The van der Waals surface area contributed by atoms with Gasteiger partial charge in [-0.05, 0) is 36.4 Å². The third kappa shape index (κ3) is 4.54. The van der Waals surface area contributed by atoms with Gasteiger partial charge in [0.15, 0.2) is 0 Å². The summed E-state index contributed by atoms with van der Waals surface area (Å²) in [7, 11) is 0. The number of hydrogen-bond acceptors (Lipinski definition) is 3. The van der Waals surface area contributed by atoms with Gasteiger partial charge >= 0.3 is 0 Å². The molecule has 0 radical (unpaired) electrons. The SMILES string of the molecule is NC(=S)COc1cccc(NC(=O)c2ccc(F)cc2)c1. The van der Waals surface area contributed by atoms with E-state index in [9.17, 15) is 9.18 Å². The largest absolute Gasteiger partial charge is 0.486 e. The molecule has 0 saturated carbocycles. The fourth-order valence-electron chi connectivity index (χ4n) is 1.62. The summed E-state index contributed by atoms with van der Waals surface area (Å²) in [6.45, 7) is 0.130. The van der Waals surface area contributed by atoms with Crippen molar-refractivity contribution in [3.05, 3.63) is 59.9 Å². The van der Waals surface area contributed by atoms with Crippen LogP contribution in [0.2, 0.25) is 0 Å². The van der Waals surface area contributed by atoms with E-state index in [0.29, 0.717) is 17.0 Å². The van der Waals surface area contributed by atoms with Crippen molar-refractivity contribution in [1.82, 2.24) is 0 Å². The number of rotatable bonds is 5. The van der Waals surface area contributed by atoms with E-state index in [0.717, 1.165) is 0 Å². The van der Waals surface area contributed by atoms with E-state index in [-0.39, 0.29) is 23.3 Å². The minimum absolute atomic E-state index is 0.130. The Morgan fingerprint density at radius 2 is 1.95 bits per heavy atom. The molecular weight excluding hydrogens is 291 g/mol. The van der Waals surface area contributed by atoms with E-state index in [1.807, 2.05) is 0 Å². The number of ether oxygens (including phenoxy) is 1. The van der Waals surface area contributed by atoms with E-state index >= 15 is 0 Å². The Bertz CT molecular complexity index is 659. The number of thiocarbonyl (C=S) groups is 1. The maximum Gasteiger partial charge on any atom is 0.255 e. The van der Waals surface area contributed by atoms with E-state index in [2.05, 4.69) is 5.32 Å². The van der Waals surface area contributed by atoms with E-state index in [1.165, 1.54) is 24.3 Å². The first kappa shape index (κ1) is 14.9. The van der Waals surface area contributed by atoms with Crippen molar-refractivity contribution in [3.63, 3.8) is 0 Å². The van der Waals surface area contributed by atoms with Crippen LogP contribution in [0.1, 0.15) is 10.4 Å². The molecule has 2 aromatic rings. The molecule has 6 heteroatoms. The molecule has 0 aliphatic rings. The highest BCUT2D eigenvalue weighted by Crippen LogP contribution is 2.18. The van der Waals surface area contributed by atoms with Crippen LogP contribution < -0.4 is 15.8 Å². The summed E-state index contributed by atoms with van der Waals surface area (Å²) in [4.78, 5) is 12.2. The van der Waals surface area contributed by atoms with Gasteiger partial charge in [-0.3, -0.25) is 4.79 Å². The second kappa shape index (κ2) is 6.81. The number of nitrogens with two attached hydrogens (primary N) is 1. The summed E-state index contributed by atoms with van der Waals surface area (Å²) in [6, 6.07) is 12.1. The molecule has 0 atom stereocenters. The molecule has 0 aromatic heterocycles. The predicted octanol–water partition coefficient (Wildman–Crippen LogP) is 2.74. The Morgan fingerprint density at radius 3 is 2.62 bits per heavy atom. The summed E-state index contributed by atoms with van der Waals surface area (Å²) in [6.07, 6.45) is 0. The molecule has 2 rings (SSSR count). The fourth-order valence-corrected chi connectivity index (χ4v) is 1.68. The maximum absolute atomic E-state index is 12.8. The first-order valence-electron chi connectivity index (χ1n) is 6.12. The molecule has 108 valence electrons. The topological polar surface area (TPSA) is 64.3 Å². The van der Waals surface area contributed by atoms with Gasteiger partial charge in [-0.1, -0.05) is 18.3 Å². The minimum atomic E-state index is -0.389. The van der Waals surface area contributed by atoms with Gasteiger partial charge in [-0.2, -0.15) is 0 Å². The zero-order chi connectivity index (χ0) is 15.2. The predicted molar refractivity (Wildman–Crippen MR) is 83.1 cm³/mol. The van der Waals surface area contributed by atoms with Gasteiger partial charge in [0, 0.05) is 17.3 Å². The van der Waals surface area contributed by atoms with Crippen molar-refractivity contribution >= 4 is 28.8 Å². The van der Waals surface area contributed by atoms with Crippen molar-refractivity contribution in [1.29, 1.82) is 0 Å². The molecule has 0 aliphatic heterocycles. The van der Waals surface area contributed by atoms with Crippen molar-refractivity contribution in [2.24, 2.45) is 5.73 Å². The van der Waals surface area contributed by atoms with Crippen LogP contribution in [-0.4, -0.2) is 17.5 Å². The quantitative estimate of drug-likeness (QED) is 0.834. The third-order valence-electron chi connectivity index (χ3n) is 2.58. The number of amides is 1. The van der Waals surface area contributed by atoms with Crippen LogP contribution in [0.15, 0.2) is 48.5 Å². The van der Waals surface area contributed by atoms with E-state index < -0.39 is 0 Å². The lowest BCUT2D eigenvalue weighted by molar-refractivity contribution is 0.102. The second-order valence-electron chi connectivity index (χ2n) is 4.24. The first-order chi connectivity index (χ1) is 10.0. The average Bonchev–Trinajstić information content (AvgIpc) is 2.46. The highest BCUT2D eigenvalue weighted by molar-refractivity contribution is 7.80. The van der Waals surface area contributed by atoms with Crippen LogP contribution in [0.4, 0.5) is 10.1 Å². The zero-order valence-corrected chi connectivity index (χ0v) is 11.8. The van der Waals surface area contributed by atoms with Crippen LogP contribution in [0.3, 0.4) is 0 Å². The highest BCUT2D eigenvalue weighted by atomic mass is 32.1. The van der Waals surface area contributed by atoms with Crippen molar-refractivity contribution in [3.8, 4) is 5.75 Å². The van der Waals surface area contributed by atoms with Crippen molar-refractivity contribution < 1.29 is 13.9 Å². The average molecular weight is 304 g/mol. The molecule has 3 N–H and O–H groups in total. The smallest absolute Gasteiger partial charge is 0.255 e. The molecule has 0 aliphatic carbocycles. The van der Waals surface area contributed by atoms with Gasteiger partial charge in [0.05, 0.1) is 0 Å². The maximum atomic E-state index is 12.8. The Labute approximate surface area is 126 Å². The zero-order valence-electron chi connectivity index (χ0n) is 11.0. The number of carbonyl (C=O) groups is 1. The lowest BCUT2D eigenvalue weighted by Crippen LogP contribution is -2.18. The number of halogens is 1. The van der Waals surface area contributed by atoms with Gasteiger partial charge in [0.25, 0.3) is 5.91 Å². The number of anilines is 1. The molecule has 0 spiro atoms. The summed E-state index contributed by atoms with van der Waals surface area (Å²) in [5, 5.41) is 2.70. The minimum Gasteiger partial charge on any atom is -0.486 e. The Hall–Kier alpha value is -2.47. The van der Waals surface area contributed by atoms with Crippen LogP contribution in [0.5, 0.6) is 5.75 Å². The Balaban J connectivity index is 2.05. The fraction of sp³-hybridized carbons (Fsp3) is 0.0667. The molecule has 0 unspecified atom stereocenters. The Morgan fingerprint density at radius 1 is 1.24 bits per heavy atom. The summed E-state index contributed by atoms with van der Waals surface area (Å²) < 4.78 is 18.2. The van der Waals surface area contributed by atoms with E-state index in [4.69, 9.17) is 22.7 Å². The molecule has 1 amide bonds.